The van der Waals surface area contributed by atoms with Crippen LogP contribution in [-0.4, -0.2) is 5.91 Å². The van der Waals surface area contributed by atoms with Gasteiger partial charge in [0, 0.05) is 26.3 Å². The molecule has 0 saturated carbocycles. The van der Waals surface area contributed by atoms with Crippen LogP contribution < -0.4 is 5.32 Å². The van der Waals surface area contributed by atoms with Crippen molar-refractivity contribution in [3.8, 4) is 0 Å². The quantitative estimate of drug-likeness (QED) is 0.759. The van der Waals surface area contributed by atoms with E-state index in [4.69, 9.17) is 11.6 Å². The predicted octanol–water partition coefficient (Wildman–Crippen LogP) is 4.60. The van der Waals surface area contributed by atoms with E-state index >= 15 is 0 Å². The van der Waals surface area contributed by atoms with Crippen molar-refractivity contribution < 1.29 is 4.79 Å². The zero-order valence-electron chi connectivity index (χ0n) is 9.78. The maximum Gasteiger partial charge on any atom is 0.256 e. The number of hydrogen-bond acceptors (Lipinski definition) is 1. The summed E-state index contributed by atoms with van der Waals surface area (Å²) in [6.45, 7) is 0. The van der Waals surface area contributed by atoms with Gasteiger partial charge in [-0.2, -0.15) is 0 Å². The number of nitrogens with one attached hydrogen (secondary N) is 1. The van der Waals surface area contributed by atoms with Gasteiger partial charge in [-0.15, -0.1) is 0 Å². The second kappa shape index (κ2) is 4.83. The van der Waals surface area contributed by atoms with Crippen LogP contribution in [0.15, 0.2) is 46.9 Å². The number of hydrogen-bond donors (Lipinski definition) is 1. The van der Waals surface area contributed by atoms with Crippen LogP contribution in [0.3, 0.4) is 0 Å². The standard InChI is InChI=1S/C15H9BrClNO/c16-10-3-1-9(2-4-10)7-13-12-8-11(17)5-6-14(12)18-15(13)19/h1-8H,(H,18,19). The summed E-state index contributed by atoms with van der Waals surface area (Å²) in [6, 6.07) is 13.2. The Hall–Kier alpha value is -1.58. The first-order valence-electron chi connectivity index (χ1n) is 5.72. The fourth-order valence-corrected chi connectivity index (χ4v) is 2.47. The largest absolute Gasteiger partial charge is 0.321 e. The van der Waals surface area contributed by atoms with Gasteiger partial charge in [-0.1, -0.05) is 39.7 Å². The van der Waals surface area contributed by atoms with E-state index < -0.39 is 0 Å². The molecule has 0 saturated heterocycles. The third kappa shape index (κ3) is 2.44. The van der Waals surface area contributed by atoms with Crippen molar-refractivity contribution >= 4 is 50.8 Å². The predicted molar refractivity (Wildman–Crippen MR) is 82.1 cm³/mol. The van der Waals surface area contributed by atoms with E-state index in [0.29, 0.717) is 10.6 Å². The maximum absolute atomic E-state index is 12.0. The molecular weight excluding hydrogens is 326 g/mol. The second-order valence-electron chi connectivity index (χ2n) is 4.25. The van der Waals surface area contributed by atoms with E-state index in [0.717, 1.165) is 21.3 Å². The molecule has 0 unspecified atom stereocenters. The SMILES string of the molecule is O=C1Nc2ccc(Cl)cc2C1=Cc1ccc(Br)cc1. The summed E-state index contributed by atoms with van der Waals surface area (Å²) in [5.74, 6) is -0.0971. The lowest BCUT2D eigenvalue weighted by Crippen LogP contribution is -2.03. The number of amides is 1. The Morgan fingerprint density at radius 2 is 1.84 bits per heavy atom. The zero-order valence-corrected chi connectivity index (χ0v) is 12.1. The number of halogens is 2. The maximum atomic E-state index is 12.0. The molecule has 2 aromatic carbocycles. The molecule has 0 spiro atoms. The summed E-state index contributed by atoms with van der Waals surface area (Å²) in [5.41, 5.74) is 3.26. The molecule has 0 aromatic heterocycles. The summed E-state index contributed by atoms with van der Waals surface area (Å²) < 4.78 is 1.01. The van der Waals surface area contributed by atoms with E-state index in [1.54, 1.807) is 12.1 Å². The summed E-state index contributed by atoms with van der Waals surface area (Å²) >= 11 is 9.38. The smallest absolute Gasteiger partial charge is 0.256 e. The average molecular weight is 335 g/mol. The lowest BCUT2D eigenvalue weighted by molar-refractivity contribution is -0.110. The molecule has 1 aliphatic heterocycles. The second-order valence-corrected chi connectivity index (χ2v) is 5.61. The van der Waals surface area contributed by atoms with Crippen molar-refractivity contribution in [2.45, 2.75) is 0 Å². The zero-order chi connectivity index (χ0) is 13.4. The highest BCUT2D eigenvalue weighted by molar-refractivity contribution is 9.10. The van der Waals surface area contributed by atoms with Crippen molar-refractivity contribution in [3.05, 3.63) is 63.1 Å². The third-order valence-electron chi connectivity index (χ3n) is 2.95. The number of benzene rings is 2. The molecule has 1 aliphatic rings. The van der Waals surface area contributed by atoms with Crippen LogP contribution in [0, 0.1) is 0 Å². The summed E-state index contributed by atoms with van der Waals surface area (Å²) in [7, 11) is 0. The minimum Gasteiger partial charge on any atom is -0.321 e. The van der Waals surface area contributed by atoms with Crippen molar-refractivity contribution in [1.29, 1.82) is 0 Å². The van der Waals surface area contributed by atoms with Crippen molar-refractivity contribution in [2.75, 3.05) is 5.32 Å². The van der Waals surface area contributed by atoms with Gasteiger partial charge in [0.2, 0.25) is 0 Å². The topological polar surface area (TPSA) is 29.1 Å². The Morgan fingerprint density at radius 3 is 2.58 bits per heavy atom. The Labute approximate surface area is 124 Å². The van der Waals surface area contributed by atoms with Gasteiger partial charge in [0.25, 0.3) is 5.91 Å². The molecule has 3 rings (SSSR count). The van der Waals surface area contributed by atoms with Gasteiger partial charge in [0.1, 0.15) is 0 Å². The van der Waals surface area contributed by atoms with E-state index in [1.165, 1.54) is 0 Å². The molecule has 1 amide bonds. The minimum absolute atomic E-state index is 0.0971. The van der Waals surface area contributed by atoms with Crippen LogP contribution in [0.2, 0.25) is 5.02 Å². The molecule has 1 N–H and O–H groups in total. The number of rotatable bonds is 1. The van der Waals surface area contributed by atoms with Crippen LogP contribution in [0.1, 0.15) is 11.1 Å². The summed E-state index contributed by atoms with van der Waals surface area (Å²) in [4.78, 5) is 12.0. The lowest BCUT2D eigenvalue weighted by atomic mass is 10.0. The normalized spacial score (nSPS) is 15.5. The molecule has 0 bridgehead atoms. The van der Waals surface area contributed by atoms with Gasteiger partial charge >= 0.3 is 0 Å². The fraction of sp³-hybridized carbons (Fsp3) is 0. The van der Waals surface area contributed by atoms with Gasteiger partial charge in [-0.05, 0) is 42.0 Å². The minimum atomic E-state index is -0.0971. The molecule has 2 nitrogen and oxygen atoms in total. The molecule has 0 fully saturated rings. The molecule has 0 atom stereocenters. The molecule has 0 radical (unpaired) electrons. The number of anilines is 1. The summed E-state index contributed by atoms with van der Waals surface area (Å²) in [6.07, 6.45) is 1.87. The molecule has 2 aromatic rings. The number of carbonyl (C=O) groups is 1. The molecular formula is C15H9BrClNO. The first kappa shape index (κ1) is 12.5. The van der Waals surface area contributed by atoms with E-state index in [-0.39, 0.29) is 5.91 Å². The van der Waals surface area contributed by atoms with Crippen LogP contribution in [0.4, 0.5) is 5.69 Å². The molecule has 19 heavy (non-hydrogen) atoms. The Morgan fingerprint density at radius 1 is 1.11 bits per heavy atom. The van der Waals surface area contributed by atoms with Crippen molar-refractivity contribution in [1.82, 2.24) is 0 Å². The molecule has 94 valence electrons. The van der Waals surface area contributed by atoms with Crippen molar-refractivity contribution in [2.24, 2.45) is 0 Å². The Kier molecular flexibility index (Phi) is 3.17. The van der Waals surface area contributed by atoms with Gasteiger partial charge in [0.05, 0.1) is 0 Å². The van der Waals surface area contributed by atoms with Crippen molar-refractivity contribution in [3.63, 3.8) is 0 Å². The monoisotopic (exact) mass is 333 g/mol. The molecule has 0 aliphatic carbocycles. The number of fused-ring (bicyclic) bond motifs is 1. The van der Waals surface area contributed by atoms with Crippen LogP contribution >= 0.6 is 27.5 Å². The summed E-state index contributed by atoms with van der Waals surface area (Å²) in [5, 5.41) is 3.45. The highest BCUT2D eigenvalue weighted by Crippen LogP contribution is 2.34. The first-order chi connectivity index (χ1) is 9.13. The van der Waals surface area contributed by atoms with E-state index in [2.05, 4.69) is 21.2 Å². The van der Waals surface area contributed by atoms with Gasteiger partial charge in [-0.3, -0.25) is 4.79 Å². The van der Waals surface area contributed by atoms with Gasteiger partial charge < -0.3 is 5.32 Å². The van der Waals surface area contributed by atoms with Gasteiger partial charge in [0.15, 0.2) is 0 Å². The third-order valence-corrected chi connectivity index (χ3v) is 3.71. The Bertz CT molecular complexity index is 692. The molecule has 4 heteroatoms. The van der Waals surface area contributed by atoms with E-state index in [1.807, 2.05) is 36.4 Å². The lowest BCUT2D eigenvalue weighted by Gasteiger charge is -2.00. The van der Waals surface area contributed by atoms with E-state index in [9.17, 15) is 4.79 Å². The highest BCUT2D eigenvalue weighted by atomic mass is 79.9. The average Bonchev–Trinajstić information content (AvgIpc) is 2.69. The highest BCUT2D eigenvalue weighted by Gasteiger charge is 2.23. The van der Waals surface area contributed by atoms with Gasteiger partial charge in [-0.25, -0.2) is 0 Å². The first-order valence-corrected chi connectivity index (χ1v) is 6.89. The van der Waals surface area contributed by atoms with Crippen LogP contribution in [0.5, 0.6) is 0 Å². The fourth-order valence-electron chi connectivity index (χ4n) is 2.03. The molecule has 1 heterocycles. The van der Waals surface area contributed by atoms with Crippen LogP contribution in [-0.2, 0) is 4.79 Å². The Balaban J connectivity index is 2.08. The van der Waals surface area contributed by atoms with Crippen LogP contribution in [0.25, 0.3) is 11.6 Å². The number of carbonyl (C=O) groups excluding carboxylic acids is 1.